The molecule has 0 aliphatic heterocycles. The van der Waals surface area contributed by atoms with E-state index in [4.69, 9.17) is 0 Å². The summed E-state index contributed by atoms with van der Waals surface area (Å²) < 4.78 is 0. The minimum absolute atomic E-state index is 0.632. The van der Waals surface area contributed by atoms with Crippen molar-refractivity contribution in [2.24, 2.45) is 0 Å². The fourth-order valence-electron chi connectivity index (χ4n) is 22.5. The van der Waals surface area contributed by atoms with Gasteiger partial charge in [0.05, 0.1) is 22.2 Å². The Morgan fingerprint density at radius 1 is 0.127 bits per heavy atom. The van der Waals surface area contributed by atoms with Gasteiger partial charge in [0, 0.05) is 44.6 Å². The number of nitrogens with zero attached hydrogens (tertiary/aromatic N) is 2. The van der Waals surface area contributed by atoms with Crippen molar-refractivity contribution >= 4 is 77.2 Å². The van der Waals surface area contributed by atoms with E-state index in [0.717, 1.165) is 117 Å². The zero-order valence-corrected chi connectivity index (χ0v) is 73.7. The first-order valence-electron chi connectivity index (χ1n) is 46.5. The molecular formula is C132H88N2. The number of hydrogen-bond acceptors (Lipinski definition) is 2. The smallest absolute Gasteiger partial charge is 0.0714 e. The van der Waals surface area contributed by atoms with Crippen molar-refractivity contribution < 1.29 is 0 Å². The molecule has 2 aliphatic rings. The predicted octanol–water partition coefficient (Wildman–Crippen LogP) is 35.3. The second-order valence-electron chi connectivity index (χ2n) is 35.5. The van der Waals surface area contributed by atoms with Gasteiger partial charge in [0.15, 0.2) is 0 Å². The van der Waals surface area contributed by atoms with Crippen LogP contribution in [0.3, 0.4) is 0 Å². The summed E-state index contributed by atoms with van der Waals surface area (Å²) >= 11 is 0. The highest BCUT2D eigenvalue weighted by atomic mass is 15.2. The molecule has 0 bridgehead atoms. The molecule has 0 fully saturated rings. The molecule has 2 aliphatic carbocycles. The molecule has 25 rings (SSSR count). The summed E-state index contributed by atoms with van der Waals surface area (Å²) in [6, 6.07) is 199. The molecule has 0 N–H and O–H groups in total. The molecule has 0 heterocycles. The van der Waals surface area contributed by atoms with Crippen molar-refractivity contribution in [3.05, 3.63) is 578 Å². The first-order valence-corrected chi connectivity index (χ1v) is 46.5. The molecule has 0 atom stereocenters. The van der Waals surface area contributed by atoms with Gasteiger partial charge < -0.3 is 9.80 Å². The summed E-state index contributed by atoms with van der Waals surface area (Å²) in [7, 11) is 0. The number of fused-ring (bicyclic) bond motifs is 12. The van der Waals surface area contributed by atoms with E-state index in [-0.39, 0.29) is 0 Å². The van der Waals surface area contributed by atoms with Crippen LogP contribution in [0.1, 0.15) is 44.5 Å². The Bertz CT molecular complexity index is 8330. The Morgan fingerprint density at radius 2 is 0.381 bits per heavy atom. The Morgan fingerprint density at radius 3 is 0.799 bits per heavy atom. The average Bonchev–Trinajstić information content (AvgIpc) is 1.53. The molecule has 0 unspecified atom stereocenters. The summed E-state index contributed by atoms with van der Waals surface area (Å²) in [6.07, 6.45) is 0. The summed E-state index contributed by atoms with van der Waals surface area (Å²) in [5.74, 6) is 0. The highest BCUT2D eigenvalue weighted by molar-refractivity contribution is 6.24. The Labute approximate surface area is 781 Å². The van der Waals surface area contributed by atoms with Gasteiger partial charge >= 0.3 is 0 Å². The van der Waals surface area contributed by atoms with Crippen LogP contribution in [0.2, 0.25) is 0 Å². The number of anilines is 6. The van der Waals surface area contributed by atoms with Gasteiger partial charge in [-0.3, -0.25) is 0 Å². The molecule has 23 aromatic carbocycles. The second kappa shape index (κ2) is 33.0. The van der Waals surface area contributed by atoms with Crippen LogP contribution in [0, 0.1) is 0 Å². The first-order chi connectivity index (χ1) is 66.5. The lowest BCUT2D eigenvalue weighted by molar-refractivity contribution is 0.768. The zero-order valence-electron chi connectivity index (χ0n) is 73.7. The highest BCUT2D eigenvalue weighted by Crippen LogP contribution is 2.62. The molecule has 0 amide bonds. The SMILES string of the molecule is c1ccc(-c2ccc(-c3ccc(N(c4ccc5c(c4)C(c4ccccc4)(c4ccccc4)c4ccccc4-5)c4c(-c5cccc(-c6ccc(-c7ccc(-c8ccc(N(c9ccc%10c(c9)C(c9ccccc9)(c9ccccc9)c9ccccc9-%10)c9c(-c%10ccccc%10)c%10ccccc%10c%10ccccc9%10)cc8-c8ccccc8)cc7)cc6)c5)c5ccccc5c5ccccc45)cc3)cc2)cc1. The van der Waals surface area contributed by atoms with Crippen molar-refractivity contribution in [1.29, 1.82) is 0 Å². The zero-order chi connectivity index (χ0) is 88.6. The van der Waals surface area contributed by atoms with Gasteiger partial charge in [0.25, 0.3) is 0 Å². The number of hydrogen-bond donors (Lipinski definition) is 0. The molecule has 134 heavy (non-hydrogen) atoms. The van der Waals surface area contributed by atoms with Crippen molar-refractivity contribution in [2.45, 2.75) is 10.8 Å². The van der Waals surface area contributed by atoms with Gasteiger partial charge in [0.1, 0.15) is 0 Å². The Hall–Kier alpha value is -17.3. The van der Waals surface area contributed by atoms with Gasteiger partial charge in [-0.05, 0) is 232 Å². The van der Waals surface area contributed by atoms with Crippen molar-refractivity contribution in [1.82, 2.24) is 0 Å². The molecule has 0 spiro atoms. The fourth-order valence-corrected chi connectivity index (χ4v) is 22.5. The van der Waals surface area contributed by atoms with E-state index >= 15 is 0 Å². The molecule has 0 radical (unpaired) electrons. The van der Waals surface area contributed by atoms with E-state index in [2.05, 4.69) is 544 Å². The van der Waals surface area contributed by atoms with E-state index in [1.807, 2.05) is 0 Å². The summed E-state index contributed by atoms with van der Waals surface area (Å²) in [6.45, 7) is 0. The minimum atomic E-state index is -0.633. The van der Waals surface area contributed by atoms with Crippen LogP contribution in [-0.2, 0) is 10.8 Å². The summed E-state index contributed by atoms with van der Waals surface area (Å²) in [5.41, 5.74) is 38.4. The highest BCUT2D eigenvalue weighted by Gasteiger charge is 2.49. The Balaban J connectivity index is 0.612. The lowest BCUT2D eigenvalue weighted by atomic mass is 9.67. The average molecular weight is 1700 g/mol. The normalized spacial score (nSPS) is 12.6. The van der Waals surface area contributed by atoms with E-state index in [1.54, 1.807) is 0 Å². The first kappa shape index (κ1) is 78.9. The van der Waals surface area contributed by atoms with Crippen LogP contribution in [0.4, 0.5) is 34.1 Å². The van der Waals surface area contributed by atoms with Crippen molar-refractivity contribution in [3.63, 3.8) is 0 Å². The molecule has 2 nitrogen and oxygen atoms in total. The van der Waals surface area contributed by atoms with Crippen LogP contribution < -0.4 is 9.80 Å². The molecule has 0 aromatic heterocycles. The van der Waals surface area contributed by atoms with Crippen LogP contribution in [0.5, 0.6) is 0 Å². The molecule has 23 aromatic rings. The fraction of sp³-hybridized carbons (Fsp3) is 0.0152. The largest absolute Gasteiger partial charge is 0.309 e. The molecule has 626 valence electrons. The summed E-state index contributed by atoms with van der Waals surface area (Å²) in [4.78, 5) is 5.16. The van der Waals surface area contributed by atoms with Crippen LogP contribution in [0.25, 0.3) is 154 Å². The third-order valence-electron chi connectivity index (χ3n) is 28.4. The number of rotatable bonds is 18. The van der Waals surface area contributed by atoms with Gasteiger partial charge in [0.2, 0.25) is 0 Å². The van der Waals surface area contributed by atoms with E-state index in [0.29, 0.717) is 0 Å². The molecule has 2 heteroatoms. The lowest BCUT2D eigenvalue weighted by Gasteiger charge is -2.35. The van der Waals surface area contributed by atoms with E-state index < -0.39 is 10.8 Å². The topological polar surface area (TPSA) is 6.48 Å². The number of benzene rings is 23. The molecule has 0 saturated carbocycles. The van der Waals surface area contributed by atoms with Crippen LogP contribution >= 0.6 is 0 Å². The minimum Gasteiger partial charge on any atom is -0.309 e. The predicted molar refractivity (Wildman–Crippen MR) is 564 cm³/mol. The third kappa shape index (κ3) is 13.0. The standard InChI is InChI=1S/C132H88N2/c1-8-35-89(36-9-1)90-63-65-92(66-64-90)94-75-77-105(78-76-94)133(107-80-83-116-114-55-30-32-61-123(114)131(125(116)87-107,101-43-14-4-15-44-101)102-45-16-5-17-46-102)130-121-60-29-25-54-113(121)111-52-23-27-58-119(111)128(130)100-42-34-41-99(85-100)95-69-67-91(68-70-95)93-71-73-97(74-72-93)109-82-79-106(86-122(109)96-37-10-2-11-38-96)134(129-120-59-28-24-53-112(120)110-51-22-26-57-118(110)127(129)98-39-12-3-13-40-98)108-81-84-117-115-56-31-33-62-124(115)132(126(117)88-108,103-47-18-6-19-48-103)104-49-20-7-21-50-104/h1-88H. The van der Waals surface area contributed by atoms with E-state index in [1.165, 1.54) is 116 Å². The van der Waals surface area contributed by atoms with Gasteiger partial charge in [-0.1, -0.05) is 479 Å². The maximum Gasteiger partial charge on any atom is 0.0714 e. The summed E-state index contributed by atoms with van der Waals surface area (Å²) in [5, 5.41) is 9.47. The molecular weight excluding hydrogens is 1610 g/mol. The molecule has 0 saturated heterocycles. The maximum absolute atomic E-state index is 2.58. The second-order valence-corrected chi connectivity index (χ2v) is 35.5. The van der Waals surface area contributed by atoms with E-state index in [9.17, 15) is 0 Å². The van der Waals surface area contributed by atoms with Gasteiger partial charge in [-0.15, -0.1) is 0 Å². The third-order valence-corrected chi connectivity index (χ3v) is 28.4. The van der Waals surface area contributed by atoms with Crippen molar-refractivity contribution in [3.8, 4) is 111 Å². The monoisotopic (exact) mass is 1700 g/mol. The Kier molecular flexibility index (Phi) is 19.4. The van der Waals surface area contributed by atoms with Gasteiger partial charge in [-0.25, -0.2) is 0 Å². The quantitative estimate of drug-likeness (QED) is 0.0790. The van der Waals surface area contributed by atoms with Crippen LogP contribution in [-0.4, -0.2) is 0 Å². The lowest BCUT2D eigenvalue weighted by Crippen LogP contribution is -2.28. The van der Waals surface area contributed by atoms with Crippen LogP contribution in [0.15, 0.2) is 534 Å². The van der Waals surface area contributed by atoms with Crippen molar-refractivity contribution in [2.75, 3.05) is 9.80 Å². The van der Waals surface area contributed by atoms with Gasteiger partial charge in [-0.2, -0.15) is 0 Å². The maximum atomic E-state index is 2.58.